The van der Waals surface area contributed by atoms with Crippen LogP contribution < -0.4 is 0 Å². The third-order valence-corrected chi connectivity index (χ3v) is 3.02. The Morgan fingerprint density at radius 2 is 2.00 bits per heavy atom. The minimum atomic E-state index is -0.181. The number of allylic oxidation sites excluding steroid dienone is 1. The highest BCUT2D eigenvalue weighted by atomic mass is 16.5. The Hall–Kier alpha value is -1.34. The predicted molar refractivity (Wildman–Crippen MR) is 68.2 cm³/mol. The summed E-state index contributed by atoms with van der Waals surface area (Å²) >= 11 is 0. The van der Waals surface area contributed by atoms with Crippen molar-refractivity contribution < 1.29 is 4.74 Å². The Morgan fingerprint density at radius 3 is 2.62 bits per heavy atom. The fourth-order valence-electron chi connectivity index (χ4n) is 2.33. The van der Waals surface area contributed by atoms with Crippen LogP contribution in [0, 0.1) is 0 Å². The van der Waals surface area contributed by atoms with E-state index >= 15 is 0 Å². The molecular formula is C15H18O. The Balaban J connectivity index is 2.48. The molecule has 1 heterocycles. The van der Waals surface area contributed by atoms with Crippen molar-refractivity contribution in [1.82, 2.24) is 0 Å². The molecule has 0 amide bonds. The van der Waals surface area contributed by atoms with Crippen LogP contribution in [0.25, 0.3) is 5.57 Å². The summed E-state index contributed by atoms with van der Waals surface area (Å²) in [5, 5.41) is 0. The van der Waals surface area contributed by atoms with Gasteiger partial charge in [-0.1, -0.05) is 36.4 Å². The van der Waals surface area contributed by atoms with Crippen LogP contribution in [0.2, 0.25) is 0 Å². The van der Waals surface area contributed by atoms with Gasteiger partial charge in [-0.3, -0.25) is 0 Å². The number of hydrogen-bond donors (Lipinski definition) is 0. The van der Waals surface area contributed by atoms with Crippen LogP contribution in [0.1, 0.15) is 25.8 Å². The van der Waals surface area contributed by atoms with Crippen LogP contribution in [0.5, 0.6) is 0 Å². The van der Waals surface area contributed by atoms with E-state index in [9.17, 15) is 0 Å². The molecule has 0 aliphatic carbocycles. The summed E-state index contributed by atoms with van der Waals surface area (Å²) in [7, 11) is 0. The summed E-state index contributed by atoms with van der Waals surface area (Å²) in [6.45, 7) is 8.80. The molecule has 0 atom stereocenters. The van der Waals surface area contributed by atoms with E-state index in [1.165, 1.54) is 16.7 Å². The quantitative estimate of drug-likeness (QED) is 0.695. The molecule has 1 aliphatic heterocycles. The SMILES string of the molecule is C=CCC1=C(c2ccccc2)C(C)(C)OC1. The Kier molecular flexibility index (Phi) is 2.97. The number of hydrogen-bond acceptors (Lipinski definition) is 1. The summed E-state index contributed by atoms with van der Waals surface area (Å²) in [5.41, 5.74) is 3.76. The lowest BCUT2D eigenvalue weighted by Crippen LogP contribution is -2.20. The zero-order chi connectivity index (χ0) is 11.6. The van der Waals surface area contributed by atoms with Gasteiger partial charge in [-0.25, -0.2) is 0 Å². The Morgan fingerprint density at radius 1 is 1.31 bits per heavy atom. The highest BCUT2D eigenvalue weighted by Crippen LogP contribution is 2.39. The van der Waals surface area contributed by atoms with Gasteiger partial charge in [-0.05, 0) is 37.0 Å². The molecule has 16 heavy (non-hydrogen) atoms. The van der Waals surface area contributed by atoms with Crippen molar-refractivity contribution in [2.24, 2.45) is 0 Å². The van der Waals surface area contributed by atoms with Crippen molar-refractivity contribution in [1.29, 1.82) is 0 Å². The molecule has 0 fully saturated rings. The minimum absolute atomic E-state index is 0.181. The first-order valence-corrected chi connectivity index (χ1v) is 5.68. The molecule has 0 saturated carbocycles. The van der Waals surface area contributed by atoms with E-state index < -0.39 is 0 Å². The van der Waals surface area contributed by atoms with E-state index in [0.29, 0.717) is 0 Å². The monoisotopic (exact) mass is 214 g/mol. The maximum atomic E-state index is 5.85. The first-order chi connectivity index (χ1) is 7.65. The Labute approximate surface area is 97.4 Å². The van der Waals surface area contributed by atoms with Crippen LogP contribution >= 0.6 is 0 Å². The lowest BCUT2D eigenvalue weighted by molar-refractivity contribution is 0.0612. The van der Waals surface area contributed by atoms with E-state index in [2.05, 4.69) is 44.7 Å². The summed E-state index contributed by atoms with van der Waals surface area (Å²) in [5.74, 6) is 0. The predicted octanol–water partition coefficient (Wildman–Crippen LogP) is 3.83. The van der Waals surface area contributed by atoms with Gasteiger partial charge in [0.1, 0.15) is 0 Å². The summed E-state index contributed by atoms with van der Waals surface area (Å²) in [6, 6.07) is 10.5. The summed E-state index contributed by atoms with van der Waals surface area (Å²) in [6.07, 6.45) is 2.86. The maximum Gasteiger partial charge on any atom is 0.0886 e. The fourth-order valence-corrected chi connectivity index (χ4v) is 2.33. The minimum Gasteiger partial charge on any atom is -0.366 e. The van der Waals surface area contributed by atoms with Gasteiger partial charge in [0.15, 0.2) is 0 Å². The molecule has 1 heteroatoms. The van der Waals surface area contributed by atoms with Gasteiger partial charge in [0.2, 0.25) is 0 Å². The molecule has 0 saturated heterocycles. The largest absolute Gasteiger partial charge is 0.366 e. The molecule has 1 aromatic rings. The smallest absolute Gasteiger partial charge is 0.0886 e. The van der Waals surface area contributed by atoms with Gasteiger partial charge >= 0.3 is 0 Å². The zero-order valence-electron chi connectivity index (χ0n) is 9.99. The number of ether oxygens (including phenoxy) is 1. The first kappa shape index (κ1) is 11.2. The lowest BCUT2D eigenvalue weighted by Gasteiger charge is -2.22. The number of benzene rings is 1. The normalized spacial score (nSPS) is 18.9. The van der Waals surface area contributed by atoms with E-state index in [4.69, 9.17) is 4.74 Å². The zero-order valence-corrected chi connectivity index (χ0v) is 9.99. The highest BCUT2D eigenvalue weighted by Gasteiger charge is 2.33. The summed E-state index contributed by atoms with van der Waals surface area (Å²) < 4.78 is 5.85. The lowest BCUT2D eigenvalue weighted by atomic mass is 9.88. The van der Waals surface area contributed by atoms with Crippen LogP contribution in [-0.2, 0) is 4.74 Å². The molecule has 1 aliphatic rings. The molecule has 84 valence electrons. The van der Waals surface area contributed by atoms with Gasteiger partial charge in [-0.2, -0.15) is 0 Å². The molecule has 1 aromatic carbocycles. The molecule has 0 N–H and O–H groups in total. The van der Waals surface area contributed by atoms with Gasteiger partial charge < -0.3 is 4.74 Å². The maximum absolute atomic E-state index is 5.85. The van der Waals surface area contributed by atoms with Gasteiger partial charge in [0.25, 0.3) is 0 Å². The van der Waals surface area contributed by atoms with Crippen molar-refractivity contribution in [2.75, 3.05) is 6.61 Å². The van der Waals surface area contributed by atoms with E-state index in [1.54, 1.807) is 0 Å². The average molecular weight is 214 g/mol. The van der Waals surface area contributed by atoms with Gasteiger partial charge in [0, 0.05) is 0 Å². The van der Waals surface area contributed by atoms with Crippen LogP contribution in [0.3, 0.4) is 0 Å². The third-order valence-electron chi connectivity index (χ3n) is 3.02. The Bertz CT molecular complexity index is 412. The highest BCUT2D eigenvalue weighted by molar-refractivity contribution is 5.76. The molecule has 0 radical (unpaired) electrons. The molecular weight excluding hydrogens is 196 g/mol. The van der Waals surface area contributed by atoms with E-state index in [-0.39, 0.29) is 5.60 Å². The van der Waals surface area contributed by atoms with Crippen molar-refractivity contribution in [2.45, 2.75) is 25.9 Å². The standard InChI is InChI=1S/C15H18O/c1-4-8-13-11-16-15(2,3)14(13)12-9-6-5-7-10-12/h4-7,9-10H,1,8,11H2,2-3H3. The third kappa shape index (κ3) is 1.96. The molecule has 0 spiro atoms. The van der Waals surface area contributed by atoms with Gasteiger partial charge in [0.05, 0.1) is 12.2 Å². The number of rotatable bonds is 3. The van der Waals surface area contributed by atoms with Crippen molar-refractivity contribution in [3.8, 4) is 0 Å². The molecule has 0 aromatic heterocycles. The van der Waals surface area contributed by atoms with Crippen molar-refractivity contribution in [3.05, 3.63) is 54.1 Å². The molecule has 1 nitrogen and oxygen atoms in total. The average Bonchev–Trinajstić information content (AvgIpc) is 2.56. The molecule has 2 rings (SSSR count). The first-order valence-electron chi connectivity index (χ1n) is 5.68. The van der Waals surface area contributed by atoms with Crippen LogP contribution in [-0.4, -0.2) is 12.2 Å². The topological polar surface area (TPSA) is 9.23 Å². The molecule has 0 bridgehead atoms. The van der Waals surface area contributed by atoms with Crippen LogP contribution in [0.15, 0.2) is 48.6 Å². The fraction of sp³-hybridized carbons (Fsp3) is 0.333. The summed E-state index contributed by atoms with van der Waals surface area (Å²) in [4.78, 5) is 0. The van der Waals surface area contributed by atoms with Crippen molar-refractivity contribution >= 4 is 5.57 Å². The molecule has 0 unspecified atom stereocenters. The second-order valence-corrected chi connectivity index (χ2v) is 4.64. The van der Waals surface area contributed by atoms with Crippen LogP contribution in [0.4, 0.5) is 0 Å². The van der Waals surface area contributed by atoms with E-state index in [0.717, 1.165) is 13.0 Å². The second kappa shape index (κ2) is 4.26. The van der Waals surface area contributed by atoms with Gasteiger partial charge in [-0.15, -0.1) is 6.58 Å². The van der Waals surface area contributed by atoms with E-state index in [1.807, 2.05) is 12.1 Å². The van der Waals surface area contributed by atoms with Crippen molar-refractivity contribution in [3.63, 3.8) is 0 Å². The second-order valence-electron chi connectivity index (χ2n) is 4.64.